The molecule has 0 spiro atoms. The Morgan fingerprint density at radius 1 is 1.15 bits per heavy atom. The smallest absolute Gasteiger partial charge is 0.336 e. The highest BCUT2D eigenvalue weighted by molar-refractivity contribution is 7.99. The van der Waals surface area contributed by atoms with Gasteiger partial charge >= 0.3 is 5.97 Å². The molecular weight excluding hydrogens is 306 g/mol. The molecule has 0 fully saturated rings. The van der Waals surface area contributed by atoms with Gasteiger partial charge in [-0.05, 0) is 41.5 Å². The summed E-state index contributed by atoms with van der Waals surface area (Å²) in [7, 11) is 0. The van der Waals surface area contributed by atoms with Crippen LogP contribution in [0, 0.1) is 0 Å². The molecule has 0 saturated carbocycles. The summed E-state index contributed by atoms with van der Waals surface area (Å²) in [5, 5.41) is 9.56. The van der Waals surface area contributed by atoms with Gasteiger partial charge in [0.2, 0.25) is 0 Å². The third-order valence-electron chi connectivity index (χ3n) is 2.60. The van der Waals surface area contributed by atoms with Crippen LogP contribution in [0.4, 0.5) is 8.78 Å². The molecule has 6 heteroatoms. The van der Waals surface area contributed by atoms with Gasteiger partial charge in [-0.15, -0.1) is 0 Å². The molecule has 0 atom stereocenters. The van der Waals surface area contributed by atoms with E-state index < -0.39 is 11.7 Å². The number of aromatic carboxylic acids is 1. The largest absolute Gasteiger partial charge is 0.478 e. The minimum Gasteiger partial charge on any atom is -0.478 e. The van der Waals surface area contributed by atoms with E-state index >= 15 is 0 Å². The second kappa shape index (κ2) is 6.24. The molecule has 0 bridgehead atoms. The third kappa shape index (κ3) is 3.49. The number of alkyl halides is 2. The minimum absolute atomic E-state index is 0.115. The number of rotatable bonds is 4. The van der Waals surface area contributed by atoms with Crippen LogP contribution in [-0.4, -0.2) is 16.8 Å². The molecule has 2 rings (SSSR count). The highest BCUT2D eigenvalue weighted by Gasteiger charge is 2.12. The van der Waals surface area contributed by atoms with Gasteiger partial charge in [-0.2, -0.15) is 8.78 Å². The highest BCUT2D eigenvalue weighted by atomic mass is 35.5. The van der Waals surface area contributed by atoms with Crippen LogP contribution in [0.5, 0.6) is 0 Å². The average Bonchev–Trinajstić information content (AvgIpc) is 2.38. The molecular formula is C14H9ClF2O2S. The Morgan fingerprint density at radius 3 is 2.35 bits per heavy atom. The molecule has 0 aliphatic carbocycles. The van der Waals surface area contributed by atoms with Crippen molar-refractivity contribution in [2.24, 2.45) is 0 Å². The quantitative estimate of drug-likeness (QED) is 0.805. The molecule has 20 heavy (non-hydrogen) atoms. The van der Waals surface area contributed by atoms with Crippen LogP contribution in [0.3, 0.4) is 0 Å². The Morgan fingerprint density at radius 2 is 1.80 bits per heavy atom. The lowest BCUT2D eigenvalue weighted by Crippen LogP contribution is -1.99. The number of carboxylic acid groups (broad SMARTS) is 1. The molecule has 2 nitrogen and oxygen atoms in total. The van der Waals surface area contributed by atoms with E-state index in [1.54, 1.807) is 18.2 Å². The molecule has 0 aromatic heterocycles. The van der Waals surface area contributed by atoms with Crippen molar-refractivity contribution in [1.82, 2.24) is 0 Å². The summed E-state index contributed by atoms with van der Waals surface area (Å²) in [6, 6.07) is 10.7. The van der Waals surface area contributed by atoms with Crippen LogP contribution in [0.1, 0.15) is 10.4 Å². The number of carboxylic acids is 1. The molecule has 1 N–H and O–H groups in total. The van der Waals surface area contributed by atoms with Gasteiger partial charge in [0.25, 0.3) is 5.76 Å². The van der Waals surface area contributed by atoms with E-state index in [9.17, 15) is 13.6 Å². The van der Waals surface area contributed by atoms with Crippen LogP contribution >= 0.6 is 23.4 Å². The number of halogens is 3. The number of hydrogen-bond donors (Lipinski definition) is 1. The first-order valence-corrected chi connectivity index (χ1v) is 6.81. The first-order valence-electron chi connectivity index (χ1n) is 5.55. The van der Waals surface area contributed by atoms with Gasteiger partial charge < -0.3 is 5.11 Å². The van der Waals surface area contributed by atoms with Gasteiger partial charge in [0.05, 0.1) is 5.56 Å². The monoisotopic (exact) mass is 314 g/mol. The van der Waals surface area contributed by atoms with Gasteiger partial charge in [0.15, 0.2) is 0 Å². The predicted octanol–water partition coefficient (Wildman–Crippen LogP) is 5.02. The maximum Gasteiger partial charge on any atom is 0.336 e. The molecule has 0 radical (unpaired) electrons. The van der Waals surface area contributed by atoms with E-state index in [-0.39, 0.29) is 5.56 Å². The van der Waals surface area contributed by atoms with E-state index in [4.69, 9.17) is 16.7 Å². The fourth-order valence-corrected chi connectivity index (χ4v) is 2.43. The first-order chi connectivity index (χ1) is 9.47. The van der Waals surface area contributed by atoms with Crippen molar-refractivity contribution in [3.05, 3.63) is 53.1 Å². The lowest BCUT2D eigenvalue weighted by molar-refractivity contribution is 0.0697. The van der Waals surface area contributed by atoms with Crippen LogP contribution in [0.15, 0.2) is 47.4 Å². The van der Waals surface area contributed by atoms with Crippen LogP contribution in [0.25, 0.3) is 11.1 Å². The van der Waals surface area contributed by atoms with Crippen molar-refractivity contribution in [2.45, 2.75) is 10.7 Å². The zero-order valence-electron chi connectivity index (χ0n) is 10.0. The number of carbonyl (C=O) groups is 1. The van der Waals surface area contributed by atoms with Crippen molar-refractivity contribution in [1.29, 1.82) is 0 Å². The lowest BCUT2D eigenvalue weighted by Gasteiger charge is -2.08. The molecule has 0 amide bonds. The standard InChI is InChI=1S/C14H9ClF2O2S/c15-9-3-6-11(13(18)19)12(7-9)8-1-4-10(5-2-8)20-14(16)17/h1-7,14H,(H,18,19). The molecule has 0 heterocycles. The second-order valence-electron chi connectivity index (χ2n) is 3.90. The maximum atomic E-state index is 12.2. The fourth-order valence-electron chi connectivity index (χ4n) is 1.76. The van der Waals surface area contributed by atoms with Crippen molar-refractivity contribution < 1.29 is 18.7 Å². The summed E-state index contributed by atoms with van der Waals surface area (Å²) in [5.41, 5.74) is 1.19. The van der Waals surface area contributed by atoms with Crippen molar-refractivity contribution in [3.8, 4) is 11.1 Å². The summed E-state index contributed by atoms with van der Waals surface area (Å²) in [5.74, 6) is -3.55. The zero-order valence-corrected chi connectivity index (χ0v) is 11.6. The average molecular weight is 315 g/mol. The molecule has 2 aromatic rings. The summed E-state index contributed by atoms with van der Waals surface area (Å²) in [6.07, 6.45) is 0. The molecule has 104 valence electrons. The van der Waals surface area contributed by atoms with Crippen molar-refractivity contribution in [2.75, 3.05) is 0 Å². The second-order valence-corrected chi connectivity index (χ2v) is 5.40. The fraction of sp³-hybridized carbons (Fsp3) is 0.0714. The number of benzene rings is 2. The van der Waals surface area contributed by atoms with E-state index in [2.05, 4.69) is 0 Å². The highest BCUT2D eigenvalue weighted by Crippen LogP contribution is 2.31. The molecule has 2 aromatic carbocycles. The van der Waals surface area contributed by atoms with Crippen molar-refractivity contribution >= 4 is 29.3 Å². The Balaban J connectivity index is 2.41. The number of thioether (sulfide) groups is 1. The Kier molecular flexibility index (Phi) is 4.62. The summed E-state index contributed by atoms with van der Waals surface area (Å²) in [4.78, 5) is 11.6. The van der Waals surface area contributed by atoms with Crippen LogP contribution in [-0.2, 0) is 0 Å². The topological polar surface area (TPSA) is 37.3 Å². The van der Waals surface area contributed by atoms with Gasteiger partial charge in [0.1, 0.15) is 0 Å². The first kappa shape index (κ1) is 14.8. The third-order valence-corrected chi connectivity index (χ3v) is 3.56. The molecule has 0 aliphatic rings. The molecule has 0 aliphatic heterocycles. The predicted molar refractivity (Wildman–Crippen MR) is 75.7 cm³/mol. The summed E-state index contributed by atoms with van der Waals surface area (Å²) >= 11 is 6.32. The van der Waals surface area contributed by atoms with Crippen LogP contribution < -0.4 is 0 Å². The number of hydrogen-bond acceptors (Lipinski definition) is 2. The SMILES string of the molecule is O=C(O)c1ccc(Cl)cc1-c1ccc(SC(F)F)cc1. The minimum atomic E-state index is -2.48. The Bertz CT molecular complexity index is 630. The van der Waals surface area contributed by atoms with E-state index in [0.717, 1.165) is 0 Å². The van der Waals surface area contributed by atoms with E-state index in [1.807, 2.05) is 0 Å². The van der Waals surface area contributed by atoms with Gasteiger partial charge in [-0.25, -0.2) is 4.79 Å². The summed E-state index contributed by atoms with van der Waals surface area (Å²) in [6.45, 7) is 0. The van der Waals surface area contributed by atoms with Crippen LogP contribution in [0.2, 0.25) is 5.02 Å². The normalized spacial score (nSPS) is 10.8. The van der Waals surface area contributed by atoms with E-state index in [1.165, 1.54) is 24.3 Å². The Hall–Kier alpha value is -1.59. The Labute approximate surface area is 123 Å². The van der Waals surface area contributed by atoms with Gasteiger partial charge in [-0.3, -0.25) is 0 Å². The summed E-state index contributed by atoms with van der Waals surface area (Å²) < 4.78 is 24.5. The van der Waals surface area contributed by atoms with Gasteiger partial charge in [-0.1, -0.05) is 35.5 Å². The van der Waals surface area contributed by atoms with E-state index in [0.29, 0.717) is 32.8 Å². The maximum absolute atomic E-state index is 12.2. The molecule has 0 unspecified atom stereocenters. The van der Waals surface area contributed by atoms with Crippen molar-refractivity contribution in [3.63, 3.8) is 0 Å². The van der Waals surface area contributed by atoms with Gasteiger partial charge in [0, 0.05) is 9.92 Å². The lowest BCUT2D eigenvalue weighted by atomic mass is 10.00. The molecule has 0 saturated heterocycles. The zero-order chi connectivity index (χ0) is 14.7.